The highest BCUT2D eigenvalue weighted by molar-refractivity contribution is 6.35. The lowest BCUT2D eigenvalue weighted by Gasteiger charge is -2.18. The lowest BCUT2D eigenvalue weighted by atomic mass is 9.93. The quantitative estimate of drug-likeness (QED) is 0.503. The van der Waals surface area contributed by atoms with E-state index < -0.39 is 11.8 Å². The first kappa shape index (κ1) is 18.7. The van der Waals surface area contributed by atoms with Crippen molar-refractivity contribution in [3.63, 3.8) is 0 Å². The van der Waals surface area contributed by atoms with E-state index in [0.717, 1.165) is 0 Å². The third-order valence-electron chi connectivity index (χ3n) is 4.51. The number of fused-ring (bicyclic) bond motifs is 1. The van der Waals surface area contributed by atoms with Crippen molar-refractivity contribution in [1.29, 1.82) is 0 Å². The maximum absolute atomic E-state index is 12.5. The van der Waals surface area contributed by atoms with Crippen LogP contribution in [0.25, 0.3) is 11.6 Å². The number of carbonyl (C=O) groups excluding carboxylic acids is 3. The lowest BCUT2D eigenvalue weighted by molar-refractivity contribution is -0.114. The minimum absolute atomic E-state index is 0.327. The average molecular weight is 403 g/mol. The van der Waals surface area contributed by atoms with Crippen molar-refractivity contribution in [1.82, 2.24) is 5.32 Å². The second kappa shape index (κ2) is 7.73. The van der Waals surface area contributed by atoms with Gasteiger partial charge in [-0.05, 0) is 47.5 Å². The predicted molar refractivity (Wildman–Crippen MR) is 113 cm³/mol. The molecule has 3 aromatic rings. The van der Waals surface area contributed by atoms with Crippen LogP contribution in [0.3, 0.4) is 0 Å². The van der Waals surface area contributed by atoms with E-state index in [1.807, 2.05) is 6.07 Å². The highest BCUT2D eigenvalue weighted by Gasteiger charge is 2.26. The van der Waals surface area contributed by atoms with Gasteiger partial charge in [-0.2, -0.15) is 0 Å². The van der Waals surface area contributed by atoms with Gasteiger partial charge in [0.1, 0.15) is 0 Å². The second-order valence-corrected chi connectivity index (χ2v) is 6.85. The van der Waals surface area contributed by atoms with Crippen LogP contribution in [0.5, 0.6) is 0 Å². The number of benzene rings is 3. The maximum Gasteiger partial charge on any atom is 0.258 e. The fourth-order valence-corrected chi connectivity index (χ4v) is 3.36. The van der Waals surface area contributed by atoms with Crippen molar-refractivity contribution in [2.45, 2.75) is 0 Å². The summed E-state index contributed by atoms with van der Waals surface area (Å²) >= 11 is 6.08. The van der Waals surface area contributed by atoms with Crippen molar-refractivity contribution in [3.05, 3.63) is 100 Å². The summed E-state index contributed by atoms with van der Waals surface area (Å²) in [6, 6.07) is 20.8. The molecule has 3 amide bonds. The molecule has 3 aromatic carbocycles. The van der Waals surface area contributed by atoms with Crippen LogP contribution in [0, 0.1) is 0 Å². The molecule has 0 spiro atoms. The molecule has 0 aliphatic carbocycles. The Bertz CT molecular complexity index is 1180. The minimum Gasteiger partial charge on any atom is -0.322 e. The third-order valence-corrected chi connectivity index (χ3v) is 4.84. The first-order valence-electron chi connectivity index (χ1n) is 8.85. The van der Waals surface area contributed by atoms with Gasteiger partial charge in [-0.1, -0.05) is 54.1 Å². The highest BCUT2D eigenvalue weighted by atomic mass is 35.5. The van der Waals surface area contributed by atoms with Crippen LogP contribution in [0.4, 0.5) is 5.69 Å². The smallest absolute Gasteiger partial charge is 0.258 e. The number of carbonyl (C=O) groups is 3. The van der Waals surface area contributed by atoms with Crippen LogP contribution in [0.15, 0.2) is 72.8 Å². The number of hydrogen-bond acceptors (Lipinski definition) is 3. The molecule has 142 valence electrons. The molecule has 0 saturated heterocycles. The molecule has 0 radical (unpaired) electrons. The SMILES string of the molecule is O=C1NC(=O)c2ccccc2/C1=C/c1cccc(NC(=O)c2ccccc2Cl)c1. The number of anilines is 1. The first-order chi connectivity index (χ1) is 14.0. The Morgan fingerprint density at radius 1 is 0.862 bits per heavy atom. The second-order valence-electron chi connectivity index (χ2n) is 6.45. The minimum atomic E-state index is -0.459. The topological polar surface area (TPSA) is 75.3 Å². The lowest BCUT2D eigenvalue weighted by Crippen LogP contribution is -2.36. The molecule has 5 nitrogen and oxygen atoms in total. The number of rotatable bonds is 3. The predicted octanol–water partition coefficient (Wildman–Crippen LogP) is 4.40. The van der Waals surface area contributed by atoms with Gasteiger partial charge < -0.3 is 5.32 Å². The first-order valence-corrected chi connectivity index (χ1v) is 9.23. The Labute approximate surface area is 172 Å². The molecule has 0 saturated carbocycles. The number of hydrogen-bond donors (Lipinski definition) is 2. The molecule has 0 aromatic heterocycles. The van der Waals surface area contributed by atoms with E-state index >= 15 is 0 Å². The summed E-state index contributed by atoms with van der Waals surface area (Å²) in [5, 5.41) is 5.52. The van der Waals surface area contributed by atoms with E-state index in [4.69, 9.17) is 11.6 Å². The molecule has 2 N–H and O–H groups in total. The molecular formula is C23H15ClN2O3. The zero-order chi connectivity index (χ0) is 20.4. The molecule has 1 heterocycles. The van der Waals surface area contributed by atoms with Crippen LogP contribution < -0.4 is 10.6 Å². The van der Waals surface area contributed by atoms with Gasteiger partial charge in [0, 0.05) is 16.8 Å². The normalized spacial score (nSPS) is 14.3. The monoisotopic (exact) mass is 402 g/mol. The summed E-state index contributed by atoms with van der Waals surface area (Å²) in [7, 11) is 0. The molecule has 0 bridgehead atoms. The number of nitrogens with one attached hydrogen (secondary N) is 2. The summed E-state index contributed by atoms with van der Waals surface area (Å²) in [4.78, 5) is 36.9. The highest BCUT2D eigenvalue weighted by Crippen LogP contribution is 2.27. The number of amides is 3. The number of imide groups is 1. The fraction of sp³-hybridized carbons (Fsp3) is 0. The van der Waals surface area contributed by atoms with E-state index in [2.05, 4.69) is 10.6 Å². The molecule has 1 aliphatic rings. The summed E-state index contributed by atoms with van der Waals surface area (Å²) in [5.41, 5.74) is 3.04. The largest absolute Gasteiger partial charge is 0.322 e. The molecule has 1 aliphatic heterocycles. The Morgan fingerprint density at radius 2 is 1.59 bits per heavy atom. The van der Waals surface area contributed by atoms with Gasteiger partial charge >= 0.3 is 0 Å². The van der Waals surface area contributed by atoms with Crippen molar-refractivity contribution in [3.8, 4) is 0 Å². The Balaban J connectivity index is 1.65. The molecule has 0 atom stereocenters. The van der Waals surface area contributed by atoms with Crippen molar-refractivity contribution in [2.24, 2.45) is 0 Å². The molecule has 6 heteroatoms. The summed E-state index contributed by atoms with van der Waals surface area (Å²) in [6.45, 7) is 0. The summed E-state index contributed by atoms with van der Waals surface area (Å²) < 4.78 is 0. The van der Waals surface area contributed by atoms with Gasteiger partial charge in [0.15, 0.2) is 0 Å². The van der Waals surface area contributed by atoms with E-state index in [1.54, 1.807) is 72.8 Å². The zero-order valence-corrected chi connectivity index (χ0v) is 15.9. The van der Waals surface area contributed by atoms with Gasteiger partial charge in [-0.15, -0.1) is 0 Å². The fourth-order valence-electron chi connectivity index (χ4n) is 3.14. The Hall–Kier alpha value is -3.70. The van der Waals surface area contributed by atoms with Gasteiger partial charge in [0.05, 0.1) is 10.6 Å². The van der Waals surface area contributed by atoms with Crippen LogP contribution >= 0.6 is 11.6 Å². The van der Waals surface area contributed by atoms with Gasteiger partial charge in [-0.3, -0.25) is 19.7 Å². The Morgan fingerprint density at radius 3 is 2.38 bits per heavy atom. The molecular weight excluding hydrogens is 388 g/mol. The average Bonchev–Trinajstić information content (AvgIpc) is 2.72. The van der Waals surface area contributed by atoms with Crippen LogP contribution in [-0.2, 0) is 4.79 Å². The van der Waals surface area contributed by atoms with Crippen LogP contribution in [0.1, 0.15) is 31.8 Å². The van der Waals surface area contributed by atoms with Crippen LogP contribution in [0.2, 0.25) is 5.02 Å². The van der Waals surface area contributed by atoms with Gasteiger partial charge in [-0.25, -0.2) is 0 Å². The molecule has 0 fully saturated rings. The van der Waals surface area contributed by atoms with E-state index in [-0.39, 0.29) is 5.91 Å². The zero-order valence-electron chi connectivity index (χ0n) is 15.1. The van der Waals surface area contributed by atoms with E-state index in [0.29, 0.717) is 38.5 Å². The van der Waals surface area contributed by atoms with E-state index in [9.17, 15) is 14.4 Å². The van der Waals surface area contributed by atoms with E-state index in [1.165, 1.54) is 0 Å². The van der Waals surface area contributed by atoms with Crippen LogP contribution in [-0.4, -0.2) is 17.7 Å². The maximum atomic E-state index is 12.5. The standard InChI is InChI=1S/C23H15ClN2O3/c24-20-11-4-3-10-18(20)22(28)25-15-7-5-6-14(12-15)13-19-16-8-1-2-9-17(16)21(27)26-23(19)29/h1-13H,(H,25,28)(H,26,27,29)/b19-13-. The van der Waals surface area contributed by atoms with Gasteiger partial charge in [0.25, 0.3) is 17.7 Å². The molecule has 0 unspecified atom stereocenters. The summed E-state index contributed by atoms with van der Waals surface area (Å²) in [6.07, 6.45) is 1.69. The van der Waals surface area contributed by atoms with Gasteiger partial charge in [0.2, 0.25) is 0 Å². The van der Waals surface area contributed by atoms with Crippen molar-refractivity contribution in [2.75, 3.05) is 5.32 Å². The van der Waals surface area contributed by atoms with Crippen molar-refractivity contribution >= 4 is 46.7 Å². The summed E-state index contributed by atoms with van der Waals surface area (Å²) in [5.74, 6) is -1.20. The number of halogens is 1. The molecule has 29 heavy (non-hydrogen) atoms. The van der Waals surface area contributed by atoms with Crippen molar-refractivity contribution < 1.29 is 14.4 Å². The molecule has 4 rings (SSSR count). The Kier molecular flexibility index (Phi) is 4.97. The third kappa shape index (κ3) is 3.81.